The number of nitrogens with zero attached hydrogens (tertiary/aromatic N) is 2. The third-order valence-electron chi connectivity index (χ3n) is 3.44. The number of alkyl halides is 1. The Bertz CT molecular complexity index is 545. The van der Waals surface area contributed by atoms with Gasteiger partial charge in [0.25, 0.3) is 0 Å². The lowest BCUT2D eigenvalue weighted by atomic mass is 10.2. The van der Waals surface area contributed by atoms with Crippen molar-refractivity contribution in [1.82, 2.24) is 4.98 Å². The van der Waals surface area contributed by atoms with Gasteiger partial charge in [0, 0.05) is 24.7 Å². The zero-order chi connectivity index (χ0) is 13.3. The maximum absolute atomic E-state index is 11.5. The molecular weight excluding hydrogens is 272 g/mol. The van der Waals surface area contributed by atoms with Crippen molar-refractivity contribution in [2.45, 2.75) is 25.3 Å². The molecule has 18 heavy (non-hydrogen) atoms. The zero-order valence-electron chi connectivity index (χ0n) is 10.6. The van der Waals surface area contributed by atoms with E-state index in [1.54, 1.807) is 0 Å². The highest BCUT2D eigenvalue weighted by molar-refractivity contribution is 7.91. The number of anilines is 1. The molecular formula is C12H17ClN2O2S. The molecule has 4 nitrogen and oxygen atoms in total. The molecule has 1 aromatic rings. The van der Waals surface area contributed by atoms with Crippen LogP contribution in [0.1, 0.15) is 17.7 Å². The molecule has 0 N–H and O–H groups in total. The molecule has 1 aliphatic rings. The summed E-state index contributed by atoms with van der Waals surface area (Å²) in [6.45, 7) is 1.92. The van der Waals surface area contributed by atoms with Crippen molar-refractivity contribution in [3.63, 3.8) is 0 Å². The summed E-state index contributed by atoms with van der Waals surface area (Å²) in [5.41, 5.74) is 1.91. The van der Waals surface area contributed by atoms with E-state index in [0.717, 1.165) is 17.1 Å². The SMILES string of the molecule is Cc1nc(N(C)C2CCS(=O)(=O)C2)ccc1CCl. The smallest absolute Gasteiger partial charge is 0.152 e. The number of aromatic nitrogens is 1. The van der Waals surface area contributed by atoms with Crippen LogP contribution in [0.25, 0.3) is 0 Å². The molecule has 0 amide bonds. The molecule has 1 saturated heterocycles. The van der Waals surface area contributed by atoms with Crippen molar-refractivity contribution in [3.8, 4) is 0 Å². The fourth-order valence-electron chi connectivity index (χ4n) is 2.18. The van der Waals surface area contributed by atoms with Crippen molar-refractivity contribution in [2.75, 3.05) is 23.5 Å². The van der Waals surface area contributed by atoms with E-state index in [1.807, 2.05) is 31.0 Å². The Morgan fingerprint density at radius 2 is 2.22 bits per heavy atom. The van der Waals surface area contributed by atoms with Crippen LogP contribution in [0.3, 0.4) is 0 Å². The van der Waals surface area contributed by atoms with E-state index < -0.39 is 9.84 Å². The number of pyridine rings is 1. The number of halogens is 1. The predicted octanol–water partition coefficient (Wildman–Crippen LogP) is 1.75. The fraction of sp³-hybridized carbons (Fsp3) is 0.583. The minimum Gasteiger partial charge on any atom is -0.356 e. The third-order valence-corrected chi connectivity index (χ3v) is 5.48. The molecule has 0 saturated carbocycles. The first-order valence-electron chi connectivity index (χ1n) is 5.88. The first-order valence-corrected chi connectivity index (χ1v) is 8.24. The van der Waals surface area contributed by atoms with Crippen LogP contribution >= 0.6 is 11.6 Å². The molecule has 100 valence electrons. The van der Waals surface area contributed by atoms with Crippen molar-refractivity contribution in [3.05, 3.63) is 23.4 Å². The summed E-state index contributed by atoms with van der Waals surface area (Å²) in [5, 5.41) is 0. The Kier molecular flexibility index (Phi) is 3.82. The van der Waals surface area contributed by atoms with Crippen molar-refractivity contribution >= 4 is 27.3 Å². The van der Waals surface area contributed by atoms with Crippen LogP contribution in [0.15, 0.2) is 12.1 Å². The highest BCUT2D eigenvalue weighted by Crippen LogP contribution is 2.22. The molecule has 0 bridgehead atoms. The minimum absolute atomic E-state index is 0.0313. The van der Waals surface area contributed by atoms with Gasteiger partial charge >= 0.3 is 0 Å². The first kappa shape index (κ1) is 13.6. The average Bonchev–Trinajstić information content (AvgIpc) is 2.68. The zero-order valence-corrected chi connectivity index (χ0v) is 12.1. The summed E-state index contributed by atoms with van der Waals surface area (Å²) >= 11 is 5.80. The molecule has 2 heterocycles. The molecule has 1 atom stereocenters. The summed E-state index contributed by atoms with van der Waals surface area (Å²) in [6.07, 6.45) is 0.677. The van der Waals surface area contributed by atoms with Crippen molar-refractivity contribution in [2.24, 2.45) is 0 Å². The molecule has 0 spiro atoms. The Labute approximate surface area is 113 Å². The van der Waals surface area contributed by atoms with Gasteiger partial charge in [0.2, 0.25) is 0 Å². The van der Waals surface area contributed by atoms with Crippen LogP contribution in [0.5, 0.6) is 0 Å². The number of sulfone groups is 1. The standard InChI is InChI=1S/C12H17ClN2O2S/c1-9-10(7-13)3-4-12(14-9)15(2)11-5-6-18(16,17)8-11/h3-4,11H,5-8H2,1-2H3. The quantitative estimate of drug-likeness (QED) is 0.795. The molecule has 0 aliphatic carbocycles. The molecule has 1 aliphatic heterocycles. The molecule has 1 aromatic heterocycles. The Hall–Kier alpha value is -0.810. The summed E-state index contributed by atoms with van der Waals surface area (Å²) < 4.78 is 23.0. The van der Waals surface area contributed by atoms with Crippen LogP contribution in [0, 0.1) is 6.92 Å². The van der Waals surface area contributed by atoms with Gasteiger partial charge in [-0.2, -0.15) is 0 Å². The Morgan fingerprint density at radius 3 is 2.72 bits per heavy atom. The lowest BCUT2D eigenvalue weighted by Gasteiger charge is -2.25. The summed E-state index contributed by atoms with van der Waals surface area (Å²) in [6, 6.07) is 3.88. The Balaban J connectivity index is 2.19. The molecule has 0 radical (unpaired) electrons. The number of rotatable bonds is 3. The molecule has 1 unspecified atom stereocenters. The second-order valence-electron chi connectivity index (χ2n) is 4.72. The third kappa shape index (κ3) is 2.78. The van der Waals surface area contributed by atoms with E-state index in [4.69, 9.17) is 11.6 Å². The first-order chi connectivity index (χ1) is 8.43. The van der Waals surface area contributed by atoms with Gasteiger partial charge in [-0.25, -0.2) is 13.4 Å². The van der Waals surface area contributed by atoms with Gasteiger partial charge in [0.1, 0.15) is 5.82 Å². The van der Waals surface area contributed by atoms with E-state index in [9.17, 15) is 8.42 Å². The van der Waals surface area contributed by atoms with Crippen molar-refractivity contribution in [1.29, 1.82) is 0 Å². The monoisotopic (exact) mass is 288 g/mol. The van der Waals surface area contributed by atoms with Gasteiger partial charge in [-0.3, -0.25) is 0 Å². The van der Waals surface area contributed by atoms with Crippen molar-refractivity contribution < 1.29 is 8.42 Å². The van der Waals surface area contributed by atoms with Crippen LogP contribution in [-0.2, 0) is 15.7 Å². The summed E-state index contributed by atoms with van der Waals surface area (Å²) in [5.74, 6) is 1.76. The second-order valence-corrected chi connectivity index (χ2v) is 7.21. The minimum atomic E-state index is -2.86. The average molecular weight is 289 g/mol. The van der Waals surface area contributed by atoms with Gasteiger partial charge in [-0.05, 0) is 25.0 Å². The van der Waals surface area contributed by atoms with Crippen LogP contribution < -0.4 is 4.90 Å². The topological polar surface area (TPSA) is 50.3 Å². The van der Waals surface area contributed by atoms with E-state index in [2.05, 4.69) is 4.98 Å². The van der Waals surface area contributed by atoms with Gasteiger partial charge < -0.3 is 4.90 Å². The second kappa shape index (κ2) is 5.05. The van der Waals surface area contributed by atoms with Gasteiger partial charge in [-0.15, -0.1) is 11.6 Å². The molecule has 2 rings (SSSR count). The van der Waals surface area contributed by atoms with E-state index >= 15 is 0 Å². The summed E-state index contributed by atoms with van der Waals surface area (Å²) in [4.78, 5) is 6.44. The van der Waals surface area contributed by atoms with E-state index in [0.29, 0.717) is 12.3 Å². The normalized spacial score (nSPS) is 22.1. The van der Waals surface area contributed by atoms with Crippen LogP contribution in [-0.4, -0.2) is 38.0 Å². The molecule has 6 heteroatoms. The van der Waals surface area contributed by atoms with E-state index in [1.165, 1.54) is 0 Å². The van der Waals surface area contributed by atoms with E-state index in [-0.39, 0.29) is 17.5 Å². The van der Waals surface area contributed by atoms with Crippen LogP contribution in [0.2, 0.25) is 0 Å². The van der Waals surface area contributed by atoms with Gasteiger partial charge in [0.05, 0.1) is 11.5 Å². The lowest BCUT2D eigenvalue weighted by Crippen LogP contribution is -2.33. The van der Waals surface area contributed by atoms with Gasteiger partial charge in [-0.1, -0.05) is 6.07 Å². The predicted molar refractivity (Wildman–Crippen MR) is 74.0 cm³/mol. The largest absolute Gasteiger partial charge is 0.356 e. The van der Waals surface area contributed by atoms with Crippen LogP contribution in [0.4, 0.5) is 5.82 Å². The van der Waals surface area contributed by atoms with Gasteiger partial charge in [0.15, 0.2) is 9.84 Å². The highest BCUT2D eigenvalue weighted by atomic mass is 35.5. The summed E-state index contributed by atoms with van der Waals surface area (Å²) in [7, 11) is -0.966. The molecule has 0 aromatic carbocycles. The highest BCUT2D eigenvalue weighted by Gasteiger charge is 2.31. The lowest BCUT2D eigenvalue weighted by molar-refractivity contribution is 0.600. The number of hydrogen-bond acceptors (Lipinski definition) is 4. The fourth-order valence-corrected chi connectivity index (χ4v) is 4.24. The number of hydrogen-bond donors (Lipinski definition) is 0. The maximum atomic E-state index is 11.5. The number of aryl methyl sites for hydroxylation is 1. The maximum Gasteiger partial charge on any atom is 0.152 e. The molecule has 1 fully saturated rings. The Morgan fingerprint density at radius 1 is 1.50 bits per heavy atom.